The van der Waals surface area contributed by atoms with Crippen LogP contribution in [0.5, 0.6) is 0 Å². The van der Waals surface area contributed by atoms with E-state index < -0.39 is 60.0 Å². The summed E-state index contributed by atoms with van der Waals surface area (Å²) >= 11 is 6.29. The topological polar surface area (TPSA) is 105 Å². The summed E-state index contributed by atoms with van der Waals surface area (Å²) in [5.74, 6) is -3.04. The molecule has 3 saturated heterocycles. The summed E-state index contributed by atoms with van der Waals surface area (Å²) in [6, 6.07) is 14.0. The smallest absolute Gasteiger partial charge is 0.312 e. The van der Waals surface area contributed by atoms with Crippen molar-refractivity contribution in [2.75, 3.05) is 18.5 Å². The number of nitrogens with one attached hydrogen (secondary N) is 1. The molecule has 2 N–H and O–H groups in total. The van der Waals surface area contributed by atoms with Crippen LogP contribution in [-0.4, -0.2) is 58.8 Å². The lowest BCUT2D eigenvalue weighted by atomic mass is 9.70. The number of ether oxygens (including phenoxy) is 2. The predicted molar refractivity (Wildman–Crippen MR) is 127 cm³/mol. The molecule has 0 aromatic heterocycles. The van der Waals surface area contributed by atoms with Crippen molar-refractivity contribution < 1.29 is 29.0 Å². The number of amides is 2. The number of para-hydroxylation sites is 1. The van der Waals surface area contributed by atoms with Crippen molar-refractivity contribution >= 4 is 35.1 Å². The number of nitrogens with zero attached hydrogens (tertiary/aromatic N) is 1. The van der Waals surface area contributed by atoms with Crippen LogP contribution >= 0.6 is 11.6 Å². The molecule has 2 unspecified atom stereocenters. The van der Waals surface area contributed by atoms with Crippen molar-refractivity contribution in [1.82, 2.24) is 4.90 Å². The van der Waals surface area contributed by atoms with E-state index in [4.69, 9.17) is 21.1 Å². The summed E-state index contributed by atoms with van der Waals surface area (Å²) < 4.78 is 11.6. The molecule has 0 aliphatic carbocycles. The van der Waals surface area contributed by atoms with Gasteiger partial charge in [0.15, 0.2) is 0 Å². The van der Waals surface area contributed by atoms with E-state index in [1.54, 1.807) is 55.5 Å². The van der Waals surface area contributed by atoms with Crippen LogP contribution in [0, 0.1) is 11.8 Å². The molecular weight excluding hydrogens is 472 g/mol. The van der Waals surface area contributed by atoms with Gasteiger partial charge in [0.1, 0.15) is 11.6 Å². The molecule has 3 heterocycles. The largest absolute Gasteiger partial charge is 0.466 e. The number of anilines is 1. The van der Waals surface area contributed by atoms with Crippen LogP contribution in [0.15, 0.2) is 54.6 Å². The lowest BCUT2D eigenvalue weighted by Crippen LogP contribution is -2.54. The standard InChI is InChI=1S/C26H27ClN2O6/c1-2-34-25(33)20-19-12-13-26(35-19)21(20)24(32)29(18(14-30)15-8-4-3-5-9-15)22(26)23(31)28-17-11-7-6-10-16(17)27/h3-11,18-22,30H,2,12-14H2,1H3,(H,28,31)/t18-,19-,20+,21+,22?,26?/m1/s1. The third kappa shape index (κ3) is 3.71. The highest BCUT2D eigenvalue weighted by atomic mass is 35.5. The number of hydrogen-bond acceptors (Lipinski definition) is 6. The Morgan fingerprint density at radius 1 is 1.23 bits per heavy atom. The molecule has 2 bridgehead atoms. The third-order valence-electron chi connectivity index (χ3n) is 7.37. The number of esters is 1. The van der Waals surface area contributed by atoms with Gasteiger partial charge in [-0.15, -0.1) is 0 Å². The first-order valence-electron chi connectivity index (χ1n) is 11.8. The predicted octanol–water partition coefficient (Wildman–Crippen LogP) is 2.95. The number of carbonyl (C=O) groups is 3. The van der Waals surface area contributed by atoms with Crippen LogP contribution in [-0.2, 0) is 23.9 Å². The number of aliphatic hydroxyl groups excluding tert-OH is 1. The second kappa shape index (κ2) is 9.26. The average molecular weight is 499 g/mol. The van der Waals surface area contributed by atoms with Gasteiger partial charge in [0.2, 0.25) is 11.8 Å². The molecule has 184 valence electrons. The third-order valence-corrected chi connectivity index (χ3v) is 7.70. The molecule has 3 aliphatic rings. The molecule has 3 aliphatic heterocycles. The highest BCUT2D eigenvalue weighted by Crippen LogP contribution is 2.60. The van der Waals surface area contributed by atoms with Crippen molar-refractivity contribution in [2.24, 2.45) is 11.8 Å². The van der Waals surface area contributed by atoms with E-state index >= 15 is 0 Å². The van der Waals surface area contributed by atoms with Gasteiger partial charge >= 0.3 is 5.97 Å². The van der Waals surface area contributed by atoms with Gasteiger partial charge in [-0.1, -0.05) is 54.1 Å². The summed E-state index contributed by atoms with van der Waals surface area (Å²) in [5.41, 5.74) is -0.120. The zero-order valence-corrected chi connectivity index (χ0v) is 20.0. The lowest BCUT2D eigenvalue weighted by molar-refractivity contribution is -0.155. The molecule has 2 aromatic rings. The van der Waals surface area contributed by atoms with E-state index in [0.717, 1.165) is 0 Å². The summed E-state index contributed by atoms with van der Waals surface area (Å²) in [6.45, 7) is 1.49. The molecule has 9 heteroatoms. The van der Waals surface area contributed by atoms with Crippen molar-refractivity contribution in [3.8, 4) is 0 Å². The molecule has 8 nitrogen and oxygen atoms in total. The van der Waals surface area contributed by atoms with Crippen LogP contribution in [0.1, 0.15) is 31.4 Å². The Labute approximate surface area is 208 Å². The number of rotatable bonds is 7. The molecule has 6 atom stereocenters. The van der Waals surface area contributed by atoms with Gasteiger partial charge in [0.05, 0.1) is 47.9 Å². The summed E-state index contributed by atoms with van der Waals surface area (Å²) in [7, 11) is 0. The number of halogens is 1. The monoisotopic (exact) mass is 498 g/mol. The van der Waals surface area contributed by atoms with Gasteiger partial charge in [-0.25, -0.2) is 0 Å². The minimum atomic E-state index is -1.20. The van der Waals surface area contributed by atoms with Gasteiger partial charge < -0.3 is 24.8 Å². The Kier molecular flexibility index (Phi) is 6.29. The van der Waals surface area contributed by atoms with Gasteiger partial charge in [-0.2, -0.15) is 0 Å². The highest BCUT2D eigenvalue weighted by Gasteiger charge is 2.75. The first kappa shape index (κ1) is 23.8. The maximum Gasteiger partial charge on any atom is 0.312 e. The van der Waals surface area contributed by atoms with E-state index in [1.807, 2.05) is 6.07 Å². The quantitative estimate of drug-likeness (QED) is 0.569. The summed E-state index contributed by atoms with van der Waals surface area (Å²) in [5, 5.41) is 13.6. The Morgan fingerprint density at radius 2 is 1.94 bits per heavy atom. The normalized spacial score (nSPS) is 29.7. The SMILES string of the molecule is CCOC(=O)[C@@H]1[C@H]2C(=O)N([C@H](CO)c3ccccc3)C(C(=O)Nc3ccccc3Cl)C23CC[C@H]1O3. The fraction of sp³-hybridized carbons (Fsp3) is 0.423. The maximum atomic E-state index is 14.0. The molecule has 35 heavy (non-hydrogen) atoms. The van der Waals surface area contributed by atoms with E-state index in [9.17, 15) is 19.5 Å². The molecule has 2 amide bonds. The van der Waals surface area contributed by atoms with Gasteiger partial charge in [0, 0.05) is 0 Å². The molecule has 0 radical (unpaired) electrons. The number of fused-ring (bicyclic) bond motifs is 1. The highest BCUT2D eigenvalue weighted by molar-refractivity contribution is 6.33. The molecular formula is C26H27ClN2O6. The Morgan fingerprint density at radius 3 is 2.63 bits per heavy atom. The van der Waals surface area contributed by atoms with Crippen molar-refractivity contribution in [2.45, 2.75) is 43.6 Å². The molecule has 2 aromatic carbocycles. The number of aliphatic hydroxyl groups is 1. The second-order valence-electron chi connectivity index (χ2n) is 9.13. The second-order valence-corrected chi connectivity index (χ2v) is 9.54. The van der Waals surface area contributed by atoms with Crippen LogP contribution in [0.3, 0.4) is 0 Å². The fourth-order valence-electron chi connectivity index (χ4n) is 6.03. The van der Waals surface area contributed by atoms with Gasteiger partial charge in [-0.3, -0.25) is 14.4 Å². The minimum Gasteiger partial charge on any atom is -0.466 e. The molecule has 0 saturated carbocycles. The first-order valence-corrected chi connectivity index (χ1v) is 12.2. The van der Waals surface area contributed by atoms with Crippen LogP contribution in [0.2, 0.25) is 5.02 Å². The average Bonchev–Trinajstić information content (AvgIpc) is 3.50. The van der Waals surface area contributed by atoms with Crippen molar-refractivity contribution in [3.63, 3.8) is 0 Å². The van der Waals surface area contributed by atoms with E-state index in [1.165, 1.54) is 4.90 Å². The lowest BCUT2D eigenvalue weighted by Gasteiger charge is -2.36. The Hall–Kier alpha value is -2.94. The van der Waals surface area contributed by atoms with Gasteiger partial charge in [-0.05, 0) is 37.5 Å². The van der Waals surface area contributed by atoms with Crippen LogP contribution in [0.4, 0.5) is 5.69 Å². The van der Waals surface area contributed by atoms with E-state index in [2.05, 4.69) is 5.32 Å². The number of carbonyl (C=O) groups excluding carboxylic acids is 3. The van der Waals surface area contributed by atoms with E-state index in [-0.39, 0.29) is 6.61 Å². The zero-order chi connectivity index (χ0) is 24.7. The molecule has 1 spiro atoms. The molecule has 5 rings (SSSR count). The van der Waals surface area contributed by atoms with Crippen LogP contribution in [0.25, 0.3) is 0 Å². The van der Waals surface area contributed by atoms with E-state index in [0.29, 0.717) is 29.1 Å². The minimum absolute atomic E-state index is 0.180. The summed E-state index contributed by atoms with van der Waals surface area (Å²) in [4.78, 5) is 42.2. The van der Waals surface area contributed by atoms with Crippen LogP contribution < -0.4 is 5.32 Å². The zero-order valence-electron chi connectivity index (χ0n) is 19.2. The van der Waals surface area contributed by atoms with Crippen molar-refractivity contribution in [1.29, 1.82) is 0 Å². The fourth-order valence-corrected chi connectivity index (χ4v) is 6.21. The Bertz CT molecular complexity index is 1140. The number of benzene rings is 2. The first-order chi connectivity index (χ1) is 16.9. The molecule has 3 fully saturated rings. The van der Waals surface area contributed by atoms with Crippen molar-refractivity contribution in [3.05, 3.63) is 65.2 Å². The summed E-state index contributed by atoms with van der Waals surface area (Å²) in [6.07, 6.45) is 0.477. The Balaban J connectivity index is 1.59. The number of likely N-dealkylation sites (tertiary alicyclic amines) is 1. The maximum absolute atomic E-state index is 14.0. The van der Waals surface area contributed by atoms with Gasteiger partial charge in [0.25, 0.3) is 0 Å². The number of hydrogen-bond donors (Lipinski definition) is 2.